The van der Waals surface area contributed by atoms with Gasteiger partial charge in [-0.15, -0.1) is 0 Å². The van der Waals surface area contributed by atoms with E-state index in [1.54, 1.807) is 10.9 Å². The second-order valence-electron chi connectivity index (χ2n) is 8.07. The number of hydrogen-bond acceptors (Lipinski definition) is 5. The van der Waals surface area contributed by atoms with Gasteiger partial charge in [-0.1, -0.05) is 18.2 Å². The molecule has 1 unspecified atom stereocenters. The molecule has 0 spiro atoms. The summed E-state index contributed by atoms with van der Waals surface area (Å²) in [6, 6.07) is 8.35. The van der Waals surface area contributed by atoms with E-state index in [0.29, 0.717) is 0 Å². The SMILES string of the molecule is Cc1cncnc1NC(C)c1cc2cccc(-c3cnn(C)c3)c2c(=O)n1C1CC1. The molecule has 1 saturated carbocycles. The first-order valence-electron chi connectivity index (χ1n) is 10.2. The van der Waals surface area contributed by atoms with E-state index in [2.05, 4.69) is 33.4 Å². The van der Waals surface area contributed by atoms with Crippen LogP contribution >= 0.6 is 0 Å². The highest BCUT2D eigenvalue weighted by atomic mass is 16.1. The van der Waals surface area contributed by atoms with Gasteiger partial charge in [-0.3, -0.25) is 9.48 Å². The molecule has 152 valence electrons. The molecule has 3 heterocycles. The Bertz CT molecular complexity index is 1300. The van der Waals surface area contributed by atoms with Crippen LogP contribution in [0.3, 0.4) is 0 Å². The van der Waals surface area contributed by atoms with E-state index < -0.39 is 0 Å². The molecule has 4 aromatic rings. The topological polar surface area (TPSA) is 77.6 Å². The molecule has 1 aliphatic rings. The number of aromatic nitrogens is 5. The zero-order chi connectivity index (χ0) is 20.8. The van der Waals surface area contributed by atoms with Gasteiger partial charge in [0.05, 0.1) is 17.6 Å². The van der Waals surface area contributed by atoms with Crippen LogP contribution in [0.25, 0.3) is 21.9 Å². The number of benzene rings is 1. The summed E-state index contributed by atoms with van der Waals surface area (Å²) in [5, 5.41) is 9.45. The molecule has 3 aromatic heterocycles. The molecule has 1 N–H and O–H groups in total. The highest BCUT2D eigenvalue weighted by Crippen LogP contribution is 2.38. The number of anilines is 1. The van der Waals surface area contributed by atoms with E-state index in [0.717, 1.165) is 51.8 Å². The van der Waals surface area contributed by atoms with Crippen molar-refractivity contribution in [3.63, 3.8) is 0 Å². The van der Waals surface area contributed by atoms with E-state index in [-0.39, 0.29) is 17.6 Å². The minimum atomic E-state index is -0.0710. The molecule has 30 heavy (non-hydrogen) atoms. The van der Waals surface area contributed by atoms with E-state index in [9.17, 15) is 4.79 Å². The van der Waals surface area contributed by atoms with Crippen LogP contribution in [0.15, 0.2) is 54.0 Å². The molecule has 0 aliphatic heterocycles. The molecular weight excluding hydrogens is 376 g/mol. The van der Waals surface area contributed by atoms with Gasteiger partial charge in [0.2, 0.25) is 0 Å². The van der Waals surface area contributed by atoms with E-state index in [1.165, 1.54) is 6.33 Å². The predicted molar refractivity (Wildman–Crippen MR) is 117 cm³/mol. The van der Waals surface area contributed by atoms with Gasteiger partial charge < -0.3 is 9.88 Å². The van der Waals surface area contributed by atoms with Crippen LogP contribution in [0.1, 0.15) is 43.1 Å². The first-order chi connectivity index (χ1) is 14.5. The molecule has 1 aromatic carbocycles. The lowest BCUT2D eigenvalue weighted by Crippen LogP contribution is -2.26. The molecule has 0 amide bonds. The van der Waals surface area contributed by atoms with Gasteiger partial charge in [0.15, 0.2) is 0 Å². The van der Waals surface area contributed by atoms with Crippen LogP contribution < -0.4 is 10.9 Å². The molecular formula is C23H24N6O. The van der Waals surface area contributed by atoms with Gasteiger partial charge in [-0.2, -0.15) is 5.10 Å². The van der Waals surface area contributed by atoms with Gasteiger partial charge in [0.1, 0.15) is 12.1 Å². The smallest absolute Gasteiger partial charge is 0.259 e. The van der Waals surface area contributed by atoms with E-state index in [1.807, 2.05) is 49.1 Å². The molecule has 5 rings (SSSR count). The summed E-state index contributed by atoms with van der Waals surface area (Å²) in [6.45, 7) is 4.05. The van der Waals surface area contributed by atoms with E-state index in [4.69, 9.17) is 0 Å². The maximum atomic E-state index is 13.7. The summed E-state index contributed by atoms with van der Waals surface area (Å²) in [6.07, 6.45) is 9.16. The van der Waals surface area contributed by atoms with Crippen molar-refractivity contribution >= 4 is 16.6 Å². The van der Waals surface area contributed by atoms with Crippen LogP contribution in [0.5, 0.6) is 0 Å². The minimum Gasteiger partial charge on any atom is -0.362 e. The van der Waals surface area contributed by atoms with Crippen LogP contribution in [-0.4, -0.2) is 24.3 Å². The lowest BCUT2D eigenvalue weighted by Gasteiger charge is -2.22. The maximum Gasteiger partial charge on any atom is 0.259 e. The summed E-state index contributed by atoms with van der Waals surface area (Å²) in [4.78, 5) is 22.2. The van der Waals surface area contributed by atoms with Gasteiger partial charge in [-0.05, 0) is 43.7 Å². The predicted octanol–water partition coefficient (Wildman–Crippen LogP) is 4.01. The molecule has 7 nitrogen and oxygen atoms in total. The fourth-order valence-corrected chi connectivity index (χ4v) is 4.07. The van der Waals surface area contributed by atoms with Crippen molar-refractivity contribution < 1.29 is 0 Å². The Morgan fingerprint density at radius 1 is 1.23 bits per heavy atom. The summed E-state index contributed by atoms with van der Waals surface area (Å²) in [5.74, 6) is 0.788. The van der Waals surface area contributed by atoms with Crippen LogP contribution in [0.2, 0.25) is 0 Å². The Morgan fingerprint density at radius 2 is 2.07 bits per heavy atom. The standard InChI is InChI=1S/C23H24N6O/c1-14-10-24-13-25-22(14)27-15(2)20-9-16-5-4-6-19(17-11-26-28(3)12-17)21(16)23(30)29(20)18-7-8-18/h4-6,9-13,15,18H,7-8H2,1-3H3,(H,24,25,27). The van der Waals surface area contributed by atoms with Crippen LogP contribution in [-0.2, 0) is 7.05 Å². The maximum absolute atomic E-state index is 13.7. The summed E-state index contributed by atoms with van der Waals surface area (Å²) in [5.41, 5.74) is 3.91. The third-order valence-corrected chi connectivity index (χ3v) is 5.73. The molecule has 7 heteroatoms. The van der Waals surface area contributed by atoms with Crippen molar-refractivity contribution in [1.82, 2.24) is 24.3 Å². The highest BCUT2D eigenvalue weighted by Gasteiger charge is 2.30. The first kappa shape index (κ1) is 18.5. The van der Waals surface area contributed by atoms with Gasteiger partial charge in [-0.25, -0.2) is 9.97 Å². The zero-order valence-corrected chi connectivity index (χ0v) is 17.3. The number of fused-ring (bicyclic) bond motifs is 1. The van der Waals surface area contributed by atoms with Gasteiger partial charge in [0.25, 0.3) is 5.56 Å². The van der Waals surface area contributed by atoms with E-state index >= 15 is 0 Å². The number of rotatable bonds is 5. The van der Waals surface area contributed by atoms with Crippen molar-refractivity contribution in [3.05, 3.63) is 70.8 Å². The number of nitrogens with zero attached hydrogens (tertiary/aromatic N) is 5. The Hall–Kier alpha value is -3.48. The molecule has 1 atom stereocenters. The molecule has 0 saturated heterocycles. The number of pyridine rings is 1. The Morgan fingerprint density at radius 3 is 2.77 bits per heavy atom. The Kier molecular flexibility index (Phi) is 4.38. The summed E-state index contributed by atoms with van der Waals surface area (Å²) in [7, 11) is 1.89. The van der Waals surface area contributed by atoms with Crippen molar-refractivity contribution in [3.8, 4) is 11.1 Å². The molecule has 0 radical (unpaired) electrons. The lowest BCUT2D eigenvalue weighted by molar-refractivity contribution is 0.635. The minimum absolute atomic E-state index is 0.0671. The Labute approximate surface area is 174 Å². The quantitative estimate of drug-likeness (QED) is 0.548. The fourth-order valence-electron chi connectivity index (χ4n) is 4.07. The average molecular weight is 400 g/mol. The van der Waals surface area contributed by atoms with Crippen molar-refractivity contribution in [2.24, 2.45) is 7.05 Å². The molecule has 1 aliphatic carbocycles. The highest BCUT2D eigenvalue weighted by molar-refractivity contribution is 5.96. The lowest BCUT2D eigenvalue weighted by atomic mass is 10.00. The first-order valence-corrected chi connectivity index (χ1v) is 10.2. The fraction of sp³-hybridized carbons (Fsp3) is 0.304. The largest absolute Gasteiger partial charge is 0.362 e. The van der Waals surface area contributed by atoms with Crippen molar-refractivity contribution in [1.29, 1.82) is 0 Å². The molecule has 0 bridgehead atoms. The van der Waals surface area contributed by atoms with Crippen LogP contribution in [0.4, 0.5) is 5.82 Å². The van der Waals surface area contributed by atoms with Crippen molar-refractivity contribution in [2.75, 3.05) is 5.32 Å². The zero-order valence-electron chi connectivity index (χ0n) is 17.3. The second kappa shape index (κ2) is 7.09. The molecule has 1 fully saturated rings. The number of aryl methyl sites for hydroxylation is 2. The summed E-state index contributed by atoms with van der Waals surface area (Å²) < 4.78 is 3.74. The third kappa shape index (κ3) is 3.16. The van der Waals surface area contributed by atoms with Gasteiger partial charge >= 0.3 is 0 Å². The monoisotopic (exact) mass is 400 g/mol. The summed E-state index contributed by atoms with van der Waals surface area (Å²) >= 11 is 0. The average Bonchev–Trinajstić information content (AvgIpc) is 3.48. The van der Waals surface area contributed by atoms with Crippen molar-refractivity contribution in [2.45, 2.75) is 38.8 Å². The Balaban J connectivity index is 1.67. The number of hydrogen-bond donors (Lipinski definition) is 1. The second-order valence-corrected chi connectivity index (χ2v) is 8.07. The third-order valence-electron chi connectivity index (χ3n) is 5.73. The van der Waals surface area contributed by atoms with Crippen LogP contribution in [0, 0.1) is 6.92 Å². The number of nitrogens with one attached hydrogen (secondary N) is 1. The normalized spacial score (nSPS) is 14.8. The van der Waals surface area contributed by atoms with Gasteiger partial charge in [0, 0.05) is 42.3 Å².